The molecule has 15 heavy (non-hydrogen) atoms. The normalized spacial score (nSPS) is 22.9. The third kappa shape index (κ3) is 1.05. The third-order valence-corrected chi connectivity index (χ3v) is 2.71. The van der Waals surface area contributed by atoms with Gasteiger partial charge in [-0.1, -0.05) is 12.1 Å². The summed E-state index contributed by atoms with van der Waals surface area (Å²) in [4.78, 5) is 28.7. The van der Waals surface area contributed by atoms with Crippen molar-refractivity contribution in [2.75, 3.05) is 4.90 Å². The molecule has 1 amide bonds. The van der Waals surface area contributed by atoms with Crippen LogP contribution in [0.5, 0.6) is 0 Å². The molecule has 1 atom stereocenters. The molecular formula is C11H8N2O2. The fourth-order valence-corrected chi connectivity index (χ4v) is 2.00. The Morgan fingerprint density at radius 3 is 2.93 bits per heavy atom. The predicted molar refractivity (Wildman–Crippen MR) is 55.5 cm³/mol. The lowest BCUT2D eigenvalue weighted by molar-refractivity contribution is -0.133. The van der Waals surface area contributed by atoms with E-state index in [1.165, 1.54) is 4.90 Å². The van der Waals surface area contributed by atoms with E-state index in [9.17, 15) is 9.59 Å². The molecule has 1 fully saturated rings. The van der Waals surface area contributed by atoms with E-state index >= 15 is 0 Å². The van der Waals surface area contributed by atoms with Crippen molar-refractivity contribution in [2.45, 2.75) is 12.5 Å². The lowest BCUT2D eigenvalue weighted by Gasteiger charge is -2.25. The van der Waals surface area contributed by atoms with E-state index in [-0.39, 0.29) is 18.2 Å². The first-order valence-electron chi connectivity index (χ1n) is 4.77. The average Bonchev–Trinajstić information content (AvgIpc) is 2.55. The van der Waals surface area contributed by atoms with Gasteiger partial charge in [0.15, 0.2) is 0 Å². The van der Waals surface area contributed by atoms with Crippen molar-refractivity contribution < 1.29 is 9.59 Å². The molecule has 0 bridgehead atoms. The van der Waals surface area contributed by atoms with Crippen LogP contribution in [0, 0.1) is 0 Å². The molecule has 74 valence electrons. The molecule has 2 aliphatic heterocycles. The first-order chi connectivity index (χ1) is 7.27. The topological polar surface area (TPSA) is 49.7 Å². The van der Waals surface area contributed by atoms with Crippen LogP contribution in [-0.2, 0) is 9.59 Å². The third-order valence-electron chi connectivity index (χ3n) is 2.71. The first kappa shape index (κ1) is 8.35. The van der Waals surface area contributed by atoms with Gasteiger partial charge in [-0.25, -0.2) is 0 Å². The molecule has 1 aromatic carbocycles. The summed E-state index contributed by atoms with van der Waals surface area (Å²) in [5.74, 6) is -0.748. The van der Waals surface area contributed by atoms with Crippen molar-refractivity contribution in [3.8, 4) is 0 Å². The molecule has 2 aliphatic rings. The summed E-state index contributed by atoms with van der Waals surface area (Å²) in [6.07, 6.45) is 1.92. The molecule has 4 nitrogen and oxygen atoms in total. The van der Waals surface area contributed by atoms with E-state index < -0.39 is 5.91 Å². The van der Waals surface area contributed by atoms with Gasteiger partial charge in [0.25, 0.3) is 5.91 Å². The Morgan fingerprint density at radius 1 is 1.27 bits per heavy atom. The van der Waals surface area contributed by atoms with Crippen LogP contribution in [0.3, 0.4) is 0 Å². The van der Waals surface area contributed by atoms with Crippen LogP contribution < -0.4 is 4.90 Å². The number of aliphatic imine (C=N–C) groups is 1. The zero-order valence-corrected chi connectivity index (χ0v) is 7.88. The predicted octanol–water partition coefficient (Wildman–Crippen LogP) is 1.08. The average molecular weight is 200 g/mol. The number of benzene rings is 1. The fourth-order valence-electron chi connectivity index (χ4n) is 2.00. The highest BCUT2D eigenvalue weighted by molar-refractivity contribution is 6.45. The maximum absolute atomic E-state index is 11.6. The van der Waals surface area contributed by atoms with E-state index in [0.717, 1.165) is 11.4 Å². The molecule has 0 spiro atoms. The number of Topliss-reactive ketones (excluding diaryl/α,β-unsaturated/α-hetero) is 1. The van der Waals surface area contributed by atoms with Gasteiger partial charge in [-0.3, -0.25) is 19.5 Å². The molecule has 3 rings (SSSR count). The number of anilines is 1. The molecule has 0 saturated carbocycles. The SMILES string of the molecule is O=C1CC2C=Nc3ccccc3N2C1=O. The van der Waals surface area contributed by atoms with E-state index in [0.29, 0.717) is 0 Å². The van der Waals surface area contributed by atoms with Gasteiger partial charge < -0.3 is 0 Å². The van der Waals surface area contributed by atoms with Crippen LogP contribution >= 0.6 is 0 Å². The van der Waals surface area contributed by atoms with E-state index in [4.69, 9.17) is 0 Å². The number of fused-ring (bicyclic) bond motifs is 3. The lowest BCUT2D eigenvalue weighted by Crippen LogP contribution is -2.36. The van der Waals surface area contributed by atoms with Crippen LogP contribution in [0.4, 0.5) is 11.4 Å². The van der Waals surface area contributed by atoms with Crippen LogP contribution in [0.25, 0.3) is 0 Å². The minimum atomic E-state index is -0.418. The summed E-state index contributed by atoms with van der Waals surface area (Å²) < 4.78 is 0. The number of carbonyl (C=O) groups excluding carboxylic acids is 2. The van der Waals surface area contributed by atoms with E-state index in [2.05, 4.69) is 4.99 Å². The lowest BCUT2D eigenvalue weighted by atomic mass is 10.1. The highest BCUT2D eigenvalue weighted by Gasteiger charge is 2.40. The fraction of sp³-hybridized carbons (Fsp3) is 0.182. The summed E-state index contributed by atoms with van der Waals surface area (Å²) in [5, 5.41) is 0. The van der Waals surface area contributed by atoms with Gasteiger partial charge in [0.1, 0.15) is 0 Å². The smallest absolute Gasteiger partial charge is 0.295 e. The highest BCUT2D eigenvalue weighted by Crippen LogP contribution is 2.35. The quantitative estimate of drug-likeness (QED) is 0.588. The molecular weight excluding hydrogens is 192 g/mol. The molecule has 2 heterocycles. The second kappa shape index (κ2) is 2.76. The zero-order chi connectivity index (χ0) is 10.4. The summed E-state index contributed by atoms with van der Waals surface area (Å²) in [6.45, 7) is 0. The van der Waals surface area contributed by atoms with Crippen molar-refractivity contribution >= 4 is 29.3 Å². The number of nitrogens with zero attached hydrogens (tertiary/aromatic N) is 2. The van der Waals surface area contributed by atoms with Crippen LogP contribution in [-0.4, -0.2) is 23.9 Å². The number of hydrogen-bond donors (Lipinski definition) is 0. The number of carbonyl (C=O) groups is 2. The Kier molecular flexibility index (Phi) is 1.54. The molecule has 0 aromatic heterocycles. The van der Waals surface area contributed by atoms with Gasteiger partial charge >= 0.3 is 0 Å². The Balaban J connectivity index is 2.18. The maximum atomic E-state index is 11.6. The largest absolute Gasteiger partial charge is 0.295 e. The van der Waals surface area contributed by atoms with Gasteiger partial charge in [-0.2, -0.15) is 0 Å². The number of para-hydroxylation sites is 2. The minimum absolute atomic E-state index is 0.181. The zero-order valence-electron chi connectivity index (χ0n) is 7.88. The van der Waals surface area contributed by atoms with Gasteiger partial charge in [0, 0.05) is 12.6 Å². The van der Waals surface area contributed by atoms with Gasteiger partial charge in [0.2, 0.25) is 5.78 Å². The highest BCUT2D eigenvalue weighted by atomic mass is 16.2. The molecule has 1 saturated heterocycles. The summed E-state index contributed by atoms with van der Waals surface area (Å²) in [6, 6.07) is 7.17. The molecule has 4 heteroatoms. The summed E-state index contributed by atoms with van der Waals surface area (Å²) in [7, 11) is 0. The number of amides is 1. The van der Waals surface area contributed by atoms with Crippen molar-refractivity contribution in [2.24, 2.45) is 4.99 Å². The Hall–Kier alpha value is -1.97. The standard InChI is InChI=1S/C11H8N2O2/c14-10-5-7-6-12-8-3-1-2-4-9(8)13(7)11(10)15/h1-4,6-7H,5H2. The Morgan fingerprint density at radius 2 is 2.07 bits per heavy atom. The first-order valence-corrected chi connectivity index (χ1v) is 4.77. The molecule has 1 aromatic rings. The number of rotatable bonds is 0. The Bertz CT molecular complexity index is 493. The van der Waals surface area contributed by atoms with Gasteiger partial charge in [-0.05, 0) is 12.1 Å². The van der Waals surface area contributed by atoms with Crippen molar-refractivity contribution in [3.63, 3.8) is 0 Å². The number of hydrogen-bond acceptors (Lipinski definition) is 3. The van der Waals surface area contributed by atoms with Crippen molar-refractivity contribution in [3.05, 3.63) is 24.3 Å². The minimum Gasteiger partial charge on any atom is -0.295 e. The second-order valence-corrected chi connectivity index (χ2v) is 3.64. The Labute approximate surface area is 86.2 Å². The van der Waals surface area contributed by atoms with Crippen LogP contribution in [0.15, 0.2) is 29.3 Å². The maximum Gasteiger partial charge on any atom is 0.295 e. The van der Waals surface area contributed by atoms with Gasteiger partial charge in [-0.15, -0.1) is 0 Å². The molecule has 0 radical (unpaired) electrons. The summed E-state index contributed by atoms with van der Waals surface area (Å²) in [5.41, 5.74) is 1.48. The molecule has 1 unspecified atom stereocenters. The van der Waals surface area contributed by atoms with E-state index in [1.54, 1.807) is 6.21 Å². The van der Waals surface area contributed by atoms with Crippen LogP contribution in [0.2, 0.25) is 0 Å². The van der Waals surface area contributed by atoms with Crippen molar-refractivity contribution in [1.82, 2.24) is 0 Å². The van der Waals surface area contributed by atoms with Crippen molar-refractivity contribution in [1.29, 1.82) is 0 Å². The molecule has 0 N–H and O–H groups in total. The monoisotopic (exact) mass is 200 g/mol. The second-order valence-electron chi connectivity index (χ2n) is 3.64. The molecule has 0 aliphatic carbocycles. The van der Waals surface area contributed by atoms with Crippen LogP contribution in [0.1, 0.15) is 6.42 Å². The number of ketones is 1. The van der Waals surface area contributed by atoms with E-state index in [1.807, 2.05) is 24.3 Å². The van der Waals surface area contributed by atoms with Gasteiger partial charge in [0.05, 0.1) is 17.4 Å². The summed E-state index contributed by atoms with van der Waals surface area (Å²) >= 11 is 0.